The maximum Gasteiger partial charge on any atom is 0.0912 e. The van der Waals surface area contributed by atoms with Gasteiger partial charge in [-0.3, -0.25) is 4.39 Å². The van der Waals surface area contributed by atoms with Crippen LogP contribution in [0.3, 0.4) is 0 Å². The molecule has 0 spiro atoms. The van der Waals surface area contributed by atoms with E-state index in [2.05, 4.69) is 0 Å². The summed E-state index contributed by atoms with van der Waals surface area (Å²) in [6.45, 7) is 1.69. The Labute approximate surface area is 70.0 Å². The van der Waals surface area contributed by atoms with Crippen molar-refractivity contribution in [3.05, 3.63) is 21.9 Å². The monoisotopic (exact) mass is 173 g/mol. The van der Waals surface area contributed by atoms with E-state index in [1.165, 1.54) is 4.88 Å². The Hall–Kier alpha value is -0.410. The van der Waals surface area contributed by atoms with Crippen molar-refractivity contribution in [2.75, 3.05) is 6.67 Å². The lowest BCUT2D eigenvalue weighted by molar-refractivity contribution is 0.444. The minimum Gasteiger partial charge on any atom is -0.323 e. The third-order valence-corrected chi connectivity index (χ3v) is 2.68. The lowest BCUT2D eigenvalue weighted by atomic mass is 10.2. The van der Waals surface area contributed by atoms with Crippen LogP contribution in [-0.4, -0.2) is 6.67 Å². The van der Waals surface area contributed by atoms with Gasteiger partial charge < -0.3 is 5.73 Å². The van der Waals surface area contributed by atoms with Crippen LogP contribution in [0.4, 0.5) is 4.39 Å². The maximum absolute atomic E-state index is 11.9. The summed E-state index contributed by atoms with van der Waals surface area (Å²) < 4.78 is 11.9. The number of alkyl halides is 1. The predicted octanol–water partition coefficient (Wildman–Crippen LogP) is 2.42. The van der Waals surface area contributed by atoms with E-state index < -0.39 is 0 Å². The van der Waals surface area contributed by atoms with Crippen LogP contribution in [0, 0.1) is 6.92 Å². The van der Waals surface area contributed by atoms with Crippen molar-refractivity contribution in [1.29, 1.82) is 0 Å². The van der Waals surface area contributed by atoms with Crippen LogP contribution >= 0.6 is 11.3 Å². The molecule has 2 N–H and O–H groups in total. The average Bonchev–Trinajstić information content (AvgIpc) is 2.36. The Bertz CT molecular complexity index is 222. The number of hydrogen-bond donors (Lipinski definition) is 1. The maximum atomic E-state index is 11.9. The van der Waals surface area contributed by atoms with Crippen molar-refractivity contribution < 1.29 is 4.39 Å². The van der Waals surface area contributed by atoms with Crippen LogP contribution < -0.4 is 5.73 Å². The van der Waals surface area contributed by atoms with E-state index in [-0.39, 0.29) is 12.7 Å². The van der Waals surface area contributed by atoms with Crippen molar-refractivity contribution in [3.63, 3.8) is 0 Å². The quantitative estimate of drug-likeness (QED) is 0.746. The molecule has 62 valence electrons. The topological polar surface area (TPSA) is 26.0 Å². The Kier molecular flexibility index (Phi) is 3.02. The standard InChI is InChI=1S/C8H12FNS/c1-6-2-3-8(11-6)7(10)4-5-9/h2-3,7H,4-5,10H2,1H3/t7-/m1/s1. The summed E-state index contributed by atoms with van der Waals surface area (Å²) in [7, 11) is 0. The first-order valence-electron chi connectivity index (χ1n) is 3.62. The van der Waals surface area contributed by atoms with E-state index in [0.717, 1.165) is 4.88 Å². The number of halogens is 1. The zero-order valence-electron chi connectivity index (χ0n) is 6.51. The Morgan fingerprint density at radius 2 is 2.36 bits per heavy atom. The van der Waals surface area contributed by atoms with Crippen molar-refractivity contribution in [2.45, 2.75) is 19.4 Å². The number of hydrogen-bond acceptors (Lipinski definition) is 2. The molecule has 11 heavy (non-hydrogen) atoms. The molecule has 0 bridgehead atoms. The molecule has 1 atom stereocenters. The number of rotatable bonds is 3. The molecule has 1 aromatic heterocycles. The van der Waals surface area contributed by atoms with E-state index in [0.29, 0.717) is 6.42 Å². The van der Waals surface area contributed by atoms with Gasteiger partial charge in [-0.2, -0.15) is 0 Å². The average molecular weight is 173 g/mol. The van der Waals surface area contributed by atoms with Crippen LogP contribution in [0.1, 0.15) is 22.2 Å². The first-order valence-corrected chi connectivity index (χ1v) is 4.43. The minimum absolute atomic E-state index is 0.112. The fourth-order valence-corrected chi connectivity index (χ4v) is 1.83. The molecular weight excluding hydrogens is 161 g/mol. The molecule has 0 saturated carbocycles. The summed E-state index contributed by atoms with van der Waals surface area (Å²) in [5, 5.41) is 0. The summed E-state index contributed by atoms with van der Waals surface area (Å²) in [6.07, 6.45) is 0.431. The van der Waals surface area contributed by atoms with Gasteiger partial charge in [-0.1, -0.05) is 0 Å². The predicted molar refractivity (Wildman–Crippen MR) is 46.6 cm³/mol. The molecule has 1 rings (SSSR count). The van der Waals surface area contributed by atoms with Gasteiger partial charge >= 0.3 is 0 Å². The highest BCUT2D eigenvalue weighted by molar-refractivity contribution is 7.12. The van der Waals surface area contributed by atoms with E-state index in [4.69, 9.17) is 5.73 Å². The van der Waals surface area contributed by atoms with Crippen molar-refractivity contribution in [1.82, 2.24) is 0 Å². The highest BCUT2D eigenvalue weighted by Crippen LogP contribution is 2.22. The van der Waals surface area contributed by atoms with Gasteiger partial charge in [0.15, 0.2) is 0 Å². The molecule has 0 saturated heterocycles. The molecule has 0 aliphatic carbocycles. The van der Waals surface area contributed by atoms with Crippen LogP contribution in [0.5, 0.6) is 0 Å². The smallest absolute Gasteiger partial charge is 0.0912 e. The highest BCUT2D eigenvalue weighted by Gasteiger charge is 2.06. The molecule has 0 unspecified atom stereocenters. The first kappa shape index (κ1) is 8.68. The number of nitrogens with two attached hydrogens (primary N) is 1. The van der Waals surface area contributed by atoms with Gasteiger partial charge in [0.05, 0.1) is 6.67 Å². The molecule has 0 radical (unpaired) electrons. The second-order valence-electron chi connectivity index (χ2n) is 2.53. The molecule has 3 heteroatoms. The van der Waals surface area contributed by atoms with Crippen molar-refractivity contribution >= 4 is 11.3 Å². The SMILES string of the molecule is Cc1ccc([C@H](N)CCF)s1. The molecule has 0 fully saturated rings. The Balaban J connectivity index is 2.60. The molecule has 0 aliphatic heterocycles. The molecule has 0 aromatic carbocycles. The van der Waals surface area contributed by atoms with Crippen LogP contribution in [0.25, 0.3) is 0 Å². The van der Waals surface area contributed by atoms with Crippen molar-refractivity contribution in [3.8, 4) is 0 Å². The molecule has 1 aromatic rings. The highest BCUT2D eigenvalue weighted by atomic mass is 32.1. The van der Waals surface area contributed by atoms with E-state index in [1.807, 2.05) is 19.1 Å². The largest absolute Gasteiger partial charge is 0.323 e. The molecule has 0 aliphatic rings. The van der Waals surface area contributed by atoms with Gasteiger partial charge in [0.2, 0.25) is 0 Å². The second kappa shape index (κ2) is 3.83. The first-order chi connectivity index (χ1) is 5.24. The van der Waals surface area contributed by atoms with E-state index >= 15 is 0 Å². The Morgan fingerprint density at radius 3 is 2.82 bits per heavy atom. The van der Waals surface area contributed by atoms with E-state index in [1.54, 1.807) is 11.3 Å². The summed E-state index contributed by atoms with van der Waals surface area (Å²) >= 11 is 1.64. The lowest BCUT2D eigenvalue weighted by Gasteiger charge is -2.04. The lowest BCUT2D eigenvalue weighted by Crippen LogP contribution is -2.08. The van der Waals surface area contributed by atoms with E-state index in [9.17, 15) is 4.39 Å². The molecule has 1 nitrogen and oxygen atoms in total. The van der Waals surface area contributed by atoms with Crippen molar-refractivity contribution in [2.24, 2.45) is 5.73 Å². The molecular formula is C8H12FNS. The van der Waals surface area contributed by atoms with Crippen LogP contribution in [0.15, 0.2) is 12.1 Å². The number of aryl methyl sites for hydroxylation is 1. The van der Waals surface area contributed by atoms with Gasteiger partial charge in [0.25, 0.3) is 0 Å². The summed E-state index contributed by atoms with van der Waals surface area (Å²) in [5.74, 6) is 0. The van der Waals surface area contributed by atoms with Crippen LogP contribution in [-0.2, 0) is 0 Å². The summed E-state index contributed by atoms with van der Waals surface area (Å²) in [4.78, 5) is 2.31. The minimum atomic E-state index is -0.335. The van der Waals surface area contributed by atoms with Gasteiger partial charge in [-0.05, 0) is 25.5 Å². The summed E-state index contributed by atoms with van der Waals surface area (Å²) in [5.41, 5.74) is 5.69. The molecule has 0 amide bonds. The fraction of sp³-hybridized carbons (Fsp3) is 0.500. The van der Waals surface area contributed by atoms with Crippen LogP contribution in [0.2, 0.25) is 0 Å². The fourth-order valence-electron chi connectivity index (χ4n) is 0.913. The molecule has 1 heterocycles. The normalized spacial score (nSPS) is 13.4. The second-order valence-corrected chi connectivity index (χ2v) is 3.85. The van der Waals surface area contributed by atoms with Gasteiger partial charge in [0.1, 0.15) is 0 Å². The summed E-state index contributed by atoms with van der Waals surface area (Å²) in [6, 6.07) is 3.87. The zero-order chi connectivity index (χ0) is 8.27. The third-order valence-electron chi connectivity index (χ3n) is 1.55. The van der Waals surface area contributed by atoms with Gasteiger partial charge in [-0.15, -0.1) is 11.3 Å². The van der Waals surface area contributed by atoms with Gasteiger partial charge in [0, 0.05) is 15.8 Å². The van der Waals surface area contributed by atoms with Gasteiger partial charge in [-0.25, -0.2) is 0 Å². The third kappa shape index (κ3) is 2.27. The Morgan fingerprint density at radius 1 is 1.64 bits per heavy atom. The number of thiophene rings is 1. The zero-order valence-corrected chi connectivity index (χ0v) is 7.33.